The second-order valence-corrected chi connectivity index (χ2v) is 26.2. The molecule has 0 aliphatic carbocycles. The molecule has 5 rings (SSSR count). The van der Waals surface area contributed by atoms with Gasteiger partial charge in [-0.1, -0.05) is 80.4 Å². The van der Waals surface area contributed by atoms with Crippen LogP contribution in [-0.2, 0) is 32.7 Å². The van der Waals surface area contributed by atoms with Crippen LogP contribution in [0.3, 0.4) is 0 Å². The number of rotatable bonds is 36. The molecule has 0 radical (unpaired) electrons. The van der Waals surface area contributed by atoms with Crippen LogP contribution in [0.25, 0.3) is 0 Å². The van der Waals surface area contributed by atoms with Gasteiger partial charge in [0.2, 0.25) is 25.8 Å². The van der Waals surface area contributed by atoms with Gasteiger partial charge in [-0.15, -0.1) is 25.5 Å². The molecule has 0 atom stereocenters. The minimum Gasteiger partial charge on any atom is -0.308 e. The Labute approximate surface area is 451 Å². The van der Waals surface area contributed by atoms with E-state index in [1.165, 1.54) is 0 Å². The van der Waals surface area contributed by atoms with E-state index in [1.807, 2.05) is 139 Å². The first-order valence-corrected chi connectivity index (χ1v) is 32.3. The molecular weight excluding hydrogens is 1070 g/mol. The van der Waals surface area contributed by atoms with Crippen molar-refractivity contribution in [3.63, 3.8) is 0 Å². The van der Waals surface area contributed by atoms with Gasteiger partial charge >= 0.3 is 0 Å². The summed E-state index contributed by atoms with van der Waals surface area (Å²) in [4.78, 5) is 10.6. The minimum atomic E-state index is 0.814. The van der Waals surface area contributed by atoms with Gasteiger partial charge in [0, 0.05) is 90.3 Å². The van der Waals surface area contributed by atoms with Crippen LogP contribution in [0.15, 0.2) is 25.8 Å². The summed E-state index contributed by atoms with van der Waals surface area (Å²) in [6.07, 6.45) is 2.11. The van der Waals surface area contributed by atoms with Crippen LogP contribution in [0.4, 0.5) is 0 Å². The second kappa shape index (κ2) is 38.8. The quantitative estimate of drug-likeness (QED) is 0.0317. The third-order valence-corrected chi connectivity index (χ3v) is 18.7. The number of hydrogen-bond donors (Lipinski definition) is 0. The fraction of sp³-hybridized carbons (Fsp3) is 0.861. The molecule has 5 aromatic heterocycles. The Hall–Kier alpha value is -1.70. The van der Waals surface area contributed by atoms with Gasteiger partial charge in [0.15, 0.2) is 0 Å². The molecular formula is C36H73N25S9. The molecule has 396 valence electrons. The van der Waals surface area contributed by atoms with Gasteiger partial charge in [0.05, 0.1) is 32.7 Å². The lowest BCUT2D eigenvalue weighted by atomic mass is 10.6. The minimum absolute atomic E-state index is 0.814. The Balaban J connectivity index is 0.000000291. The maximum Gasteiger partial charge on any atom is 0.209 e. The van der Waals surface area contributed by atoms with Crippen LogP contribution in [-0.4, -0.2) is 293 Å². The van der Waals surface area contributed by atoms with E-state index >= 15 is 0 Å². The summed E-state index contributed by atoms with van der Waals surface area (Å²) in [6, 6.07) is 0. The van der Waals surface area contributed by atoms with Gasteiger partial charge < -0.3 is 24.5 Å². The molecule has 0 saturated heterocycles. The molecule has 0 N–H and O–H groups in total. The Morgan fingerprint density at radius 2 is 0.543 bits per heavy atom. The number of thioether (sulfide) groups is 7. The molecule has 34 heteroatoms. The van der Waals surface area contributed by atoms with Crippen LogP contribution < -0.4 is 0 Å². The molecule has 0 fully saturated rings. The summed E-state index contributed by atoms with van der Waals surface area (Å²) in [6.45, 7) is 8.78. The van der Waals surface area contributed by atoms with Gasteiger partial charge in [-0.05, 0) is 129 Å². The molecule has 0 spiro atoms. The molecule has 70 heavy (non-hydrogen) atoms. The van der Waals surface area contributed by atoms with Gasteiger partial charge in [-0.3, -0.25) is 0 Å². The normalized spacial score (nSPS) is 11.7. The van der Waals surface area contributed by atoms with Crippen molar-refractivity contribution in [3.05, 3.63) is 0 Å². The fourth-order valence-corrected chi connectivity index (χ4v) is 13.8. The van der Waals surface area contributed by atoms with E-state index in [1.54, 1.807) is 58.8 Å². The fourth-order valence-electron chi connectivity index (χ4n) is 4.83. The van der Waals surface area contributed by atoms with Crippen LogP contribution in [0.2, 0.25) is 0 Å². The average Bonchev–Trinajstić information content (AvgIpc) is 4.19. The van der Waals surface area contributed by atoms with E-state index < -0.39 is 0 Å². The third-order valence-electron chi connectivity index (χ3n) is 8.61. The molecule has 25 nitrogen and oxygen atoms in total. The molecule has 0 unspecified atom stereocenters. The van der Waals surface area contributed by atoms with E-state index in [9.17, 15) is 0 Å². The second-order valence-electron chi connectivity index (χ2n) is 15.9. The highest BCUT2D eigenvalue weighted by Gasteiger charge is 2.11. The Bertz CT molecular complexity index is 1900. The predicted octanol–water partition coefficient (Wildman–Crippen LogP) is 2.14. The number of tetrazole rings is 5. The SMILES string of the molecule is CN(C)CCn1nnnc1SCCSCCSc1nnnn1CCN(C)C.CN(C)CCn1nnnc1SCCSSCCSc1nnnn1CCN(C)C.CSCCSc1nnnn1CCN(C)C. The Morgan fingerprint density at radius 1 is 0.314 bits per heavy atom. The van der Waals surface area contributed by atoms with Crippen molar-refractivity contribution in [2.45, 2.75) is 58.5 Å². The largest absolute Gasteiger partial charge is 0.308 e. The summed E-state index contributed by atoms with van der Waals surface area (Å²) < 4.78 is 9.36. The lowest BCUT2D eigenvalue weighted by molar-refractivity contribution is 0.361. The van der Waals surface area contributed by atoms with E-state index in [2.05, 4.69) is 108 Å². The Morgan fingerprint density at radius 3 is 0.771 bits per heavy atom. The topological polar surface area (TPSA) is 234 Å². The number of nitrogens with zero attached hydrogens (tertiary/aromatic N) is 25. The van der Waals surface area contributed by atoms with Crippen LogP contribution in [0.1, 0.15) is 0 Å². The van der Waals surface area contributed by atoms with E-state index in [4.69, 9.17) is 0 Å². The van der Waals surface area contributed by atoms with E-state index in [0.717, 1.165) is 149 Å². The first kappa shape index (κ1) is 62.6. The zero-order chi connectivity index (χ0) is 50.8. The summed E-state index contributed by atoms with van der Waals surface area (Å²) in [5, 5.41) is 63.9. The van der Waals surface area contributed by atoms with E-state index in [-0.39, 0.29) is 0 Å². The highest BCUT2D eigenvalue weighted by atomic mass is 33.1. The summed E-state index contributed by atoms with van der Waals surface area (Å²) in [5.41, 5.74) is 0. The van der Waals surface area contributed by atoms with Gasteiger partial charge in [0.25, 0.3) is 0 Å². The molecule has 5 heterocycles. The maximum absolute atomic E-state index is 4.11. The summed E-state index contributed by atoms with van der Waals surface area (Å²) in [7, 11) is 24.3. The van der Waals surface area contributed by atoms with Crippen molar-refractivity contribution in [1.82, 2.24) is 126 Å². The van der Waals surface area contributed by atoms with Crippen molar-refractivity contribution in [2.24, 2.45) is 0 Å². The van der Waals surface area contributed by atoms with Gasteiger partial charge in [-0.2, -0.15) is 23.5 Å². The lowest BCUT2D eigenvalue weighted by Gasteiger charge is -2.10. The van der Waals surface area contributed by atoms with Crippen molar-refractivity contribution >= 4 is 104 Å². The number of likely N-dealkylation sites (N-methyl/N-ethyl adjacent to an activating group) is 5. The predicted molar refractivity (Wildman–Crippen MR) is 296 cm³/mol. The average molecular weight is 1140 g/mol. The lowest BCUT2D eigenvalue weighted by Crippen LogP contribution is -2.19. The number of aromatic nitrogens is 20. The van der Waals surface area contributed by atoms with Crippen LogP contribution in [0.5, 0.6) is 0 Å². The highest BCUT2D eigenvalue weighted by Crippen LogP contribution is 2.26. The van der Waals surface area contributed by atoms with Gasteiger partial charge in [0.1, 0.15) is 0 Å². The van der Waals surface area contributed by atoms with Crippen LogP contribution in [0, 0.1) is 0 Å². The summed E-state index contributed by atoms with van der Waals surface area (Å²) >= 11 is 12.3. The smallest absolute Gasteiger partial charge is 0.209 e. The van der Waals surface area contributed by atoms with Crippen molar-refractivity contribution in [2.75, 3.05) is 167 Å². The standard InChI is InChI=1S/C14H28N10S4.C14H28N10S3.C8H17N5S2/c1-21(2)5-7-23-13(15-17-19-23)25-9-11-27-28-12-10-26-14-16-18-20-24(14)8-6-22(3)4;1-21(2)5-7-23-13(15-17-19-23)26-11-9-25-10-12-27-14-16-18-20-24(14)8-6-22(3)4;1-12(2)4-5-13-8(9-10-11-13)15-7-6-14-3/h5-12H2,1-4H3;5-12H2,1-4H3;4-7H2,1-3H3. The maximum atomic E-state index is 4.11. The molecule has 0 aliphatic heterocycles. The van der Waals surface area contributed by atoms with Crippen molar-refractivity contribution in [3.8, 4) is 0 Å². The molecule has 5 aromatic rings. The first-order valence-electron chi connectivity index (χ1n) is 22.4. The van der Waals surface area contributed by atoms with Gasteiger partial charge in [-0.25, -0.2) is 23.4 Å². The molecule has 0 amide bonds. The Kier molecular flexibility index (Phi) is 34.7. The van der Waals surface area contributed by atoms with Crippen LogP contribution >= 0.6 is 104 Å². The first-order chi connectivity index (χ1) is 33.9. The third kappa shape index (κ3) is 28.7. The van der Waals surface area contributed by atoms with Crippen molar-refractivity contribution in [1.29, 1.82) is 0 Å². The van der Waals surface area contributed by atoms with E-state index in [0.29, 0.717) is 0 Å². The van der Waals surface area contributed by atoms with Crippen molar-refractivity contribution < 1.29 is 0 Å². The molecule has 0 aromatic carbocycles. The zero-order valence-corrected chi connectivity index (χ0v) is 49.8. The number of hydrogen-bond acceptors (Lipinski definition) is 29. The molecule has 0 saturated carbocycles. The molecule has 0 aliphatic rings. The zero-order valence-electron chi connectivity index (χ0n) is 42.5. The highest BCUT2D eigenvalue weighted by molar-refractivity contribution is 8.76. The molecule has 0 bridgehead atoms. The monoisotopic (exact) mass is 1140 g/mol. The summed E-state index contributed by atoms with van der Waals surface area (Å²) in [5.74, 6) is 10.4.